The number of aliphatic hydroxyl groups excluding tert-OH is 1. The van der Waals surface area contributed by atoms with Crippen molar-refractivity contribution < 1.29 is 19.4 Å². The van der Waals surface area contributed by atoms with E-state index in [1.54, 1.807) is 0 Å². The molecule has 5 rings (SSSR count). The van der Waals surface area contributed by atoms with Crippen molar-refractivity contribution >= 4 is 35.0 Å². The van der Waals surface area contributed by atoms with Crippen molar-refractivity contribution in [2.75, 3.05) is 32.8 Å². The molecule has 3 aromatic rings. The fourth-order valence-corrected chi connectivity index (χ4v) is 5.78. The van der Waals surface area contributed by atoms with Gasteiger partial charge in [-0.15, -0.1) is 12.4 Å². The Hall–Kier alpha value is -2.93. The first-order chi connectivity index (χ1) is 17.8. The number of amides is 2. The minimum atomic E-state index is -0.580. The number of halogens is 1. The van der Waals surface area contributed by atoms with Crippen molar-refractivity contribution in [3.05, 3.63) is 76.9 Å². The summed E-state index contributed by atoms with van der Waals surface area (Å²) in [4.78, 5) is 30.1. The number of rotatable bonds is 8. The minimum absolute atomic E-state index is 0. The fraction of sp³-hybridized carbons (Fsp3) is 0.419. The van der Waals surface area contributed by atoms with E-state index in [2.05, 4.69) is 31.7 Å². The number of hydrogen-bond acceptors (Lipinski definition) is 5. The number of carbonyl (C=O) groups excluding carboxylic acids is 2. The molecule has 1 saturated heterocycles. The summed E-state index contributed by atoms with van der Waals surface area (Å²) in [5.74, 6) is 1.12. The van der Waals surface area contributed by atoms with E-state index >= 15 is 0 Å². The number of ether oxygens (including phenoxy) is 1. The Balaban J connectivity index is 0.00000336. The van der Waals surface area contributed by atoms with Gasteiger partial charge in [0, 0.05) is 29.6 Å². The molecule has 38 heavy (non-hydrogen) atoms. The monoisotopic (exact) mass is 536 g/mol. The van der Waals surface area contributed by atoms with Gasteiger partial charge < -0.3 is 14.7 Å². The zero-order valence-corrected chi connectivity index (χ0v) is 23.2. The van der Waals surface area contributed by atoms with Crippen LogP contribution in [0.2, 0.25) is 0 Å². The second kappa shape index (κ2) is 11.9. The van der Waals surface area contributed by atoms with E-state index in [0.29, 0.717) is 30.1 Å². The maximum Gasteiger partial charge on any atom is 0.261 e. The molecule has 1 N–H and O–H groups in total. The quantitative estimate of drug-likeness (QED) is 0.388. The number of aryl methyl sites for hydroxylation is 1. The molecule has 1 unspecified atom stereocenters. The number of aliphatic hydroxyl groups is 1. The van der Waals surface area contributed by atoms with E-state index < -0.39 is 6.10 Å². The molecule has 0 aromatic heterocycles. The first-order valence-electron chi connectivity index (χ1n) is 13.3. The Kier molecular flexibility index (Phi) is 8.76. The number of benzene rings is 3. The molecule has 0 radical (unpaired) electrons. The zero-order chi connectivity index (χ0) is 26.1. The van der Waals surface area contributed by atoms with E-state index in [4.69, 9.17) is 4.74 Å². The molecular formula is C31H37ClN2O4. The second-order valence-corrected chi connectivity index (χ2v) is 10.8. The topological polar surface area (TPSA) is 70.1 Å². The van der Waals surface area contributed by atoms with Gasteiger partial charge in [-0.3, -0.25) is 14.5 Å². The van der Waals surface area contributed by atoms with Gasteiger partial charge in [-0.1, -0.05) is 44.2 Å². The van der Waals surface area contributed by atoms with Gasteiger partial charge in [0.15, 0.2) is 0 Å². The van der Waals surface area contributed by atoms with Crippen LogP contribution in [0.5, 0.6) is 5.75 Å². The third kappa shape index (κ3) is 5.73. The fourth-order valence-electron chi connectivity index (χ4n) is 5.78. The number of nitrogens with zero attached hydrogens (tertiary/aromatic N) is 2. The van der Waals surface area contributed by atoms with Gasteiger partial charge in [-0.2, -0.15) is 0 Å². The van der Waals surface area contributed by atoms with Crippen molar-refractivity contribution in [3.63, 3.8) is 0 Å². The molecule has 6 nitrogen and oxygen atoms in total. The molecule has 2 aliphatic heterocycles. The number of imide groups is 1. The molecular weight excluding hydrogens is 500 g/mol. The summed E-state index contributed by atoms with van der Waals surface area (Å²) in [7, 11) is 0. The van der Waals surface area contributed by atoms with E-state index in [0.717, 1.165) is 42.5 Å². The molecule has 202 valence electrons. The zero-order valence-electron chi connectivity index (χ0n) is 22.4. The highest BCUT2D eigenvalue weighted by atomic mass is 35.5. The van der Waals surface area contributed by atoms with Crippen LogP contribution in [0.15, 0.2) is 54.6 Å². The first kappa shape index (κ1) is 28.1. The summed E-state index contributed by atoms with van der Waals surface area (Å²) >= 11 is 0. The van der Waals surface area contributed by atoms with Crippen molar-refractivity contribution in [1.82, 2.24) is 9.80 Å². The van der Waals surface area contributed by atoms with Crippen LogP contribution >= 0.6 is 12.4 Å². The Morgan fingerprint density at radius 2 is 1.61 bits per heavy atom. The largest absolute Gasteiger partial charge is 0.491 e. The molecule has 0 aliphatic carbocycles. The normalized spacial score (nSPS) is 17.1. The standard InChI is InChI=1S/C31H36N2O4.ClH/c1-20(2)26-11-10-25(16-21(26)3)37-19-24(34)18-32-14-12-22(13-15-32)17-33-30(35)27-8-4-6-23-7-5-9-28(29(23)27)31(33)36;/h4-11,16,20,22,24,34H,12-15,17-19H2,1-3H3;1H. The highest BCUT2D eigenvalue weighted by Crippen LogP contribution is 2.31. The van der Waals surface area contributed by atoms with Crippen LogP contribution in [0, 0.1) is 12.8 Å². The van der Waals surface area contributed by atoms with Crippen LogP contribution in [0.1, 0.15) is 64.4 Å². The molecule has 2 amide bonds. The van der Waals surface area contributed by atoms with E-state index in [1.807, 2.05) is 48.5 Å². The average molecular weight is 537 g/mol. The lowest BCUT2D eigenvalue weighted by Gasteiger charge is -2.36. The van der Waals surface area contributed by atoms with Crippen molar-refractivity contribution in [2.45, 2.75) is 45.6 Å². The number of hydrogen-bond donors (Lipinski definition) is 1. The lowest BCUT2D eigenvalue weighted by molar-refractivity contribution is 0.0453. The second-order valence-electron chi connectivity index (χ2n) is 10.8. The average Bonchev–Trinajstić information content (AvgIpc) is 2.89. The lowest BCUT2D eigenvalue weighted by Crippen LogP contribution is -2.46. The Bertz CT molecular complexity index is 1270. The Morgan fingerprint density at radius 3 is 2.18 bits per heavy atom. The van der Waals surface area contributed by atoms with Gasteiger partial charge in [0.2, 0.25) is 0 Å². The molecule has 7 heteroatoms. The number of β-amino-alcohol motifs (C(OH)–C–C–N with tert-alkyl or cyclic N) is 1. The summed E-state index contributed by atoms with van der Waals surface area (Å²) in [6.07, 6.45) is 1.18. The van der Waals surface area contributed by atoms with Gasteiger partial charge in [0.05, 0.1) is 0 Å². The van der Waals surface area contributed by atoms with Crippen LogP contribution in [0.25, 0.3) is 10.8 Å². The summed E-state index contributed by atoms with van der Waals surface area (Å²) in [6.45, 7) is 9.34. The maximum absolute atomic E-state index is 13.2. The van der Waals surface area contributed by atoms with Crippen molar-refractivity contribution in [2.24, 2.45) is 5.92 Å². The van der Waals surface area contributed by atoms with Gasteiger partial charge in [0.1, 0.15) is 18.5 Å². The Labute approximate surface area is 231 Å². The molecule has 3 aromatic carbocycles. The van der Waals surface area contributed by atoms with Gasteiger partial charge >= 0.3 is 0 Å². The van der Waals surface area contributed by atoms with E-state index in [-0.39, 0.29) is 36.7 Å². The first-order valence-corrected chi connectivity index (χ1v) is 13.3. The number of carbonyl (C=O) groups is 2. The molecule has 0 bridgehead atoms. The van der Waals surface area contributed by atoms with Crippen LogP contribution in [-0.4, -0.2) is 65.6 Å². The molecule has 0 spiro atoms. The smallest absolute Gasteiger partial charge is 0.261 e. The maximum atomic E-state index is 13.2. The highest BCUT2D eigenvalue weighted by molar-refractivity contribution is 6.25. The molecule has 2 aliphatic rings. The van der Waals surface area contributed by atoms with Crippen LogP contribution in [0.4, 0.5) is 0 Å². The summed E-state index contributed by atoms with van der Waals surface area (Å²) in [6, 6.07) is 17.4. The van der Waals surface area contributed by atoms with Gasteiger partial charge in [0.25, 0.3) is 11.8 Å². The lowest BCUT2D eigenvalue weighted by atomic mass is 9.91. The van der Waals surface area contributed by atoms with Gasteiger partial charge in [-0.25, -0.2) is 0 Å². The summed E-state index contributed by atoms with van der Waals surface area (Å²) in [5.41, 5.74) is 3.74. The molecule has 1 fully saturated rings. The SMILES string of the molecule is Cc1cc(OCC(O)CN2CCC(CN3C(=O)c4cccc5cccc(c45)C3=O)CC2)ccc1C(C)C.Cl. The third-order valence-electron chi connectivity index (χ3n) is 7.78. The third-order valence-corrected chi connectivity index (χ3v) is 7.78. The predicted molar refractivity (Wildman–Crippen MR) is 152 cm³/mol. The van der Waals surface area contributed by atoms with E-state index in [9.17, 15) is 14.7 Å². The predicted octanol–water partition coefficient (Wildman–Crippen LogP) is 5.44. The Morgan fingerprint density at radius 1 is 0.974 bits per heavy atom. The summed E-state index contributed by atoms with van der Waals surface area (Å²) in [5, 5.41) is 12.3. The highest BCUT2D eigenvalue weighted by Gasteiger charge is 2.34. The van der Waals surface area contributed by atoms with Crippen LogP contribution in [0.3, 0.4) is 0 Å². The molecule has 0 saturated carbocycles. The molecule has 2 heterocycles. The molecule has 1 atom stereocenters. The number of likely N-dealkylation sites (tertiary alicyclic amines) is 1. The van der Waals surface area contributed by atoms with E-state index in [1.165, 1.54) is 16.0 Å². The minimum Gasteiger partial charge on any atom is -0.491 e. The van der Waals surface area contributed by atoms with Crippen LogP contribution < -0.4 is 4.74 Å². The van der Waals surface area contributed by atoms with Crippen LogP contribution in [-0.2, 0) is 0 Å². The van der Waals surface area contributed by atoms with Gasteiger partial charge in [-0.05, 0) is 85.5 Å². The van der Waals surface area contributed by atoms with Crippen molar-refractivity contribution in [3.8, 4) is 5.75 Å². The number of piperidine rings is 1. The van der Waals surface area contributed by atoms with Crippen molar-refractivity contribution in [1.29, 1.82) is 0 Å². The summed E-state index contributed by atoms with van der Waals surface area (Å²) < 4.78 is 5.86.